The zero-order chi connectivity index (χ0) is 11.2. The van der Waals surface area contributed by atoms with Crippen LogP contribution in [-0.4, -0.2) is 14.5 Å². The number of nitrogens with one attached hydrogen (secondary N) is 1. The van der Waals surface area contributed by atoms with Crippen molar-refractivity contribution in [2.24, 2.45) is 0 Å². The fourth-order valence-corrected chi connectivity index (χ4v) is 1.60. The van der Waals surface area contributed by atoms with Crippen LogP contribution in [0.5, 0.6) is 0 Å². The lowest BCUT2D eigenvalue weighted by Gasteiger charge is -2.08. The van der Waals surface area contributed by atoms with Gasteiger partial charge in [0.15, 0.2) is 0 Å². The summed E-state index contributed by atoms with van der Waals surface area (Å²) in [5, 5.41) is 3.30. The second-order valence-corrected chi connectivity index (χ2v) is 3.63. The minimum absolute atomic E-state index is 0.735. The minimum atomic E-state index is 0.735. The molecule has 2 aromatic heterocycles. The van der Waals surface area contributed by atoms with Crippen LogP contribution in [-0.2, 0) is 13.1 Å². The Hall–Kier alpha value is -1.84. The molecule has 0 aliphatic carbocycles. The SMILES string of the molecule is CCCn1ccnc1CNc1cccnc1. The molecule has 2 aromatic rings. The zero-order valence-electron chi connectivity index (χ0n) is 9.43. The summed E-state index contributed by atoms with van der Waals surface area (Å²) in [6, 6.07) is 3.92. The Morgan fingerprint density at radius 3 is 3.06 bits per heavy atom. The maximum Gasteiger partial charge on any atom is 0.128 e. The van der Waals surface area contributed by atoms with Crippen LogP contribution in [0.2, 0.25) is 0 Å². The highest BCUT2D eigenvalue weighted by Crippen LogP contribution is 2.06. The Kier molecular flexibility index (Phi) is 3.53. The largest absolute Gasteiger partial charge is 0.377 e. The smallest absolute Gasteiger partial charge is 0.128 e. The molecular formula is C12H16N4. The second-order valence-electron chi connectivity index (χ2n) is 3.63. The third kappa shape index (κ3) is 2.59. The van der Waals surface area contributed by atoms with Gasteiger partial charge in [0.1, 0.15) is 5.82 Å². The number of anilines is 1. The topological polar surface area (TPSA) is 42.7 Å². The Morgan fingerprint density at radius 1 is 1.38 bits per heavy atom. The molecule has 0 bridgehead atoms. The lowest BCUT2D eigenvalue weighted by molar-refractivity contribution is 0.644. The molecule has 0 spiro atoms. The van der Waals surface area contributed by atoms with Crippen molar-refractivity contribution in [1.29, 1.82) is 0 Å². The Labute approximate surface area is 95.4 Å². The predicted octanol–water partition coefficient (Wildman–Crippen LogP) is 2.30. The average molecular weight is 216 g/mol. The lowest BCUT2D eigenvalue weighted by atomic mass is 10.4. The first kappa shape index (κ1) is 10.7. The van der Waals surface area contributed by atoms with E-state index in [1.54, 1.807) is 6.20 Å². The molecule has 0 atom stereocenters. The van der Waals surface area contributed by atoms with Crippen molar-refractivity contribution < 1.29 is 0 Å². The van der Waals surface area contributed by atoms with E-state index in [0.717, 1.165) is 31.0 Å². The van der Waals surface area contributed by atoms with E-state index < -0.39 is 0 Å². The van der Waals surface area contributed by atoms with Gasteiger partial charge in [0.05, 0.1) is 12.2 Å². The van der Waals surface area contributed by atoms with Crippen LogP contribution in [0.4, 0.5) is 5.69 Å². The van der Waals surface area contributed by atoms with E-state index in [9.17, 15) is 0 Å². The molecule has 0 aliphatic rings. The first-order chi connectivity index (χ1) is 7.90. The third-order valence-electron chi connectivity index (χ3n) is 2.38. The van der Waals surface area contributed by atoms with Gasteiger partial charge >= 0.3 is 0 Å². The lowest BCUT2D eigenvalue weighted by Crippen LogP contribution is -2.08. The number of aromatic nitrogens is 3. The summed E-state index contributed by atoms with van der Waals surface area (Å²) in [6.07, 6.45) is 8.56. The fourth-order valence-electron chi connectivity index (χ4n) is 1.60. The van der Waals surface area contributed by atoms with Crippen LogP contribution in [0.3, 0.4) is 0 Å². The van der Waals surface area contributed by atoms with Gasteiger partial charge in [-0.25, -0.2) is 4.98 Å². The molecule has 0 radical (unpaired) electrons. The van der Waals surface area contributed by atoms with Crippen molar-refractivity contribution in [1.82, 2.24) is 14.5 Å². The van der Waals surface area contributed by atoms with Crippen molar-refractivity contribution in [2.75, 3.05) is 5.32 Å². The van der Waals surface area contributed by atoms with Gasteiger partial charge in [0.25, 0.3) is 0 Å². The van der Waals surface area contributed by atoms with E-state index >= 15 is 0 Å². The Bertz CT molecular complexity index is 422. The Morgan fingerprint density at radius 2 is 2.31 bits per heavy atom. The highest BCUT2D eigenvalue weighted by atomic mass is 15.1. The summed E-state index contributed by atoms with van der Waals surface area (Å²) in [6.45, 7) is 3.92. The van der Waals surface area contributed by atoms with E-state index in [4.69, 9.17) is 0 Å². The maximum absolute atomic E-state index is 4.33. The maximum atomic E-state index is 4.33. The van der Waals surface area contributed by atoms with Crippen molar-refractivity contribution in [3.05, 3.63) is 42.7 Å². The molecule has 0 aromatic carbocycles. The van der Waals surface area contributed by atoms with Gasteiger partial charge in [-0.1, -0.05) is 6.92 Å². The van der Waals surface area contributed by atoms with Crippen LogP contribution in [0.25, 0.3) is 0 Å². The van der Waals surface area contributed by atoms with Gasteiger partial charge in [0, 0.05) is 31.3 Å². The molecule has 16 heavy (non-hydrogen) atoms. The van der Waals surface area contributed by atoms with E-state index in [2.05, 4.69) is 26.8 Å². The summed E-state index contributed by atoms with van der Waals surface area (Å²) < 4.78 is 2.17. The number of aryl methyl sites for hydroxylation is 1. The van der Waals surface area contributed by atoms with Crippen molar-refractivity contribution in [3.8, 4) is 0 Å². The predicted molar refractivity (Wildman–Crippen MR) is 64.1 cm³/mol. The molecule has 2 heterocycles. The summed E-state index contributed by atoms with van der Waals surface area (Å²) in [5.41, 5.74) is 1.02. The summed E-state index contributed by atoms with van der Waals surface area (Å²) >= 11 is 0. The molecule has 0 saturated heterocycles. The monoisotopic (exact) mass is 216 g/mol. The van der Waals surface area contributed by atoms with E-state index in [1.807, 2.05) is 30.7 Å². The van der Waals surface area contributed by atoms with E-state index in [-0.39, 0.29) is 0 Å². The number of nitrogens with zero attached hydrogens (tertiary/aromatic N) is 3. The molecule has 2 rings (SSSR count). The number of pyridine rings is 1. The first-order valence-electron chi connectivity index (χ1n) is 5.54. The number of hydrogen-bond donors (Lipinski definition) is 1. The quantitative estimate of drug-likeness (QED) is 0.834. The summed E-state index contributed by atoms with van der Waals surface area (Å²) in [5.74, 6) is 1.06. The molecule has 4 heteroatoms. The molecule has 1 N–H and O–H groups in total. The standard InChI is InChI=1S/C12H16N4/c1-2-7-16-8-6-14-12(16)10-15-11-4-3-5-13-9-11/h3-6,8-9,15H,2,7,10H2,1H3. The number of imidazole rings is 1. The first-order valence-corrected chi connectivity index (χ1v) is 5.54. The van der Waals surface area contributed by atoms with Crippen LogP contribution in [0.1, 0.15) is 19.2 Å². The molecule has 0 unspecified atom stereocenters. The highest BCUT2D eigenvalue weighted by molar-refractivity contribution is 5.39. The fraction of sp³-hybridized carbons (Fsp3) is 0.333. The van der Waals surface area contributed by atoms with Crippen molar-refractivity contribution >= 4 is 5.69 Å². The molecule has 0 saturated carbocycles. The molecule has 0 aliphatic heterocycles. The van der Waals surface area contributed by atoms with E-state index in [0.29, 0.717) is 0 Å². The van der Waals surface area contributed by atoms with Gasteiger partial charge in [-0.3, -0.25) is 4.98 Å². The van der Waals surface area contributed by atoms with Crippen LogP contribution in [0, 0.1) is 0 Å². The normalized spacial score (nSPS) is 10.3. The molecular weight excluding hydrogens is 200 g/mol. The van der Waals surface area contributed by atoms with Crippen LogP contribution in [0.15, 0.2) is 36.9 Å². The van der Waals surface area contributed by atoms with Gasteiger partial charge in [0.2, 0.25) is 0 Å². The molecule has 4 nitrogen and oxygen atoms in total. The summed E-state index contributed by atoms with van der Waals surface area (Å²) in [4.78, 5) is 8.38. The van der Waals surface area contributed by atoms with Gasteiger partial charge in [-0.2, -0.15) is 0 Å². The minimum Gasteiger partial charge on any atom is -0.377 e. The van der Waals surface area contributed by atoms with E-state index in [1.165, 1.54) is 0 Å². The third-order valence-corrected chi connectivity index (χ3v) is 2.38. The number of rotatable bonds is 5. The van der Waals surface area contributed by atoms with Crippen LogP contribution >= 0.6 is 0 Å². The molecule has 84 valence electrons. The Balaban J connectivity index is 1.97. The molecule has 0 amide bonds. The second kappa shape index (κ2) is 5.30. The highest BCUT2D eigenvalue weighted by Gasteiger charge is 2.01. The van der Waals surface area contributed by atoms with Crippen molar-refractivity contribution in [2.45, 2.75) is 26.4 Å². The summed E-state index contributed by atoms with van der Waals surface area (Å²) in [7, 11) is 0. The average Bonchev–Trinajstić information content (AvgIpc) is 2.76. The van der Waals surface area contributed by atoms with Crippen molar-refractivity contribution in [3.63, 3.8) is 0 Å². The zero-order valence-corrected chi connectivity index (χ0v) is 9.43. The van der Waals surface area contributed by atoms with Gasteiger partial charge < -0.3 is 9.88 Å². The van der Waals surface area contributed by atoms with Gasteiger partial charge in [-0.05, 0) is 18.6 Å². The van der Waals surface area contributed by atoms with Gasteiger partial charge in [-0.15, -0.1) is 0 Å². The number of hydrogen-bond acceptors (Lipinski definition) is 3. The van der Waals surface area contributed by atoms with Crippen LogP contribution < -0.4 is 5.32 Å². The molecule has 0 fully saturated rings.